The Labute approximate surface area is 134 Å². The van der Waals surface area contributed by atoms with Crippen LogP contribution in [-0.4, -0.2) is 12.7 Å². The number of hydrogen-bond acceptors (Lipinski definition) is 3. The Morgan fingerprint density at radius 1 is 1.22 bits per heavy atom. The van der Waals surface area contributed by atoms with Gasteiger partial charge in [0.2, 0.25) is 0 Å². The largest absolute Gasteiger partial charge is 0.466 e. The smallest absolute Gasteiger partial charge is 0.259 e. The molecule has 5 heteroatoms. The van der Waals surface area contributed by atoms with Crippen LogP contribution in [0, 0.1) is 5.82 Å². The molecule has 3 rings (SSSR count). The van der Waals surface area contributed by atoms with Crippen LogP contribution in [-0.2, 0) is 11.3 Å². The van der Waals surface area contributed by atoms with Gasteiger partial charge in [0.05, 0.1) is 12.2 Å². The van der Waals surface area contributed by atoms with Crippen LogP contribution in [0.2, 0.25) is 0 Å². The van der Waals surface area contributed by atoms with Crippen molar-refractivity contribution in [2.75, 3.05) is 12.1 Å². The number of nitrogens with one attached hydrogen (secondary N) is 1. The lowest BCUT2D eigenvalue weighted by Crippen LogP contribution is -2.19. The number of anilines is 1. The van der Waals surface area contributed by atoms with Crippen LogP contribution in [0.25, 0.3) is 0 Å². The molecular formula is C18H18FNO3. The van der Waals surface area contributed by atoms with Crippen molar-refractivity contribution >= 4 is 11.6 Å². The van der Waals surface area contributed by atoms with Gasteiger partial charge in [0, 0.05) is 11.3 Å². The van der Waals surface area contributed by atoms with Gasteiger partial charge in [0.1, 0.15) is 11.6 Å². The summed E-state index contributed by atoms with van der Waals surface area (Å²) in [6.07, 6.45) is 0. The zero-order valence-corrected chi connectivity index (χ0v) is 13.1. The van der Waals surface area contributed by atoms with E-state index in [1.807, 2.05) is 24.3 Å². The summed E-state index contributed by atoms with van der Waals surface area (Å²) in [5.41, 5.74) is 2.56. The molecule has 2 aromatic carbocycles. The maximum Gasteiger partial charge on any atom is 0.259 e. The number of fused-ring (bicyclic) bond motifs is 1. The molecule has 0 fully saturated rings. The Morgan fingerprint density at radius 3 is 2.65 bits per heavy atom. The maximum atomic E-state index is 13.7. The lowest BCUT2D eigenvalue weighted by molar-refractivity contribution is -0.0170. The predicted octanol–water partition coefficient (Wildman–Crippen LogP) is 4.07. The second-order valence-electron chi connectivity index (χ2n) is 5.78. The number of amides is 1. The highest BCUT2D eigenvalue weighted by molar-refractivity contribution is 6.06. The van der Waals surface area contributed by atoms with Crippen LogP contribution < -0.4 is 10.1 Å². The highest BCUT2D eigenvalue weighted by Gasteiger charge is 2.21. The summed E-state index contributed by atoms with van der Waals surface area (Å²) < 4.78 is 24.2. The average molecular weight is 315 g/mol. The first-order valence-corrected chi connectivity index (χ1v) is 7.49. The minimum atomic E-state index is -0.488. The van der Waals surface area contributed by atoms with E-state index in [9.17, 15) is 9.18 Å². The monoisotopic (exact) mass is 315 g/mol. The number of hydrogen-bond donors (Lipinski definition) is 1. The lowest BCUT2D eigenvalue weighted by Gasteiger charge is -2.20. The zero-order chi connectivity index (χ0) is 16.4. The van der Waals surface area contributed by atoms with Crippen LogP contribution in [0.3, 0.4) is 0 Å². The van der Waals surface area contributed by atoms with E-state index in [-0.39, 0.29) is 19.0 Å². The summed E-state index contributed by atoms with van der Waals surface area (Å²) in [5.74, 6) is -0.0876. The topological polar surface area (TPSA) is 47.6 Å². The van der Waals surface area contributed by atoms with Crippen LogP contribution in [0.5, 0.6) is 5.75 Å². The Balaban J connectivity index is 1.84. The number of halogens is 1. The van der Waals surface area contributed by atoms with Crippen LogP contribution in [0.1, 0.15) is 41.3 Å². The Morgan fingerprint density at radius 2 is 1.96 bits per heavy atom. The molecule has 23 heavy (non-hydrogen) atoms. The number of carbonyl (C=O) groups excluding carboxylic acids is 1. The van der Waals surface area contributed by atoms with E-state index in [1.165, 1.54) is 17.7 Å². The summed E-state index contributed by atoms with van der Waals surface area (Å²) in [5, 5.41) is 2.78. The van der Waals surface area contributed by atoms with E-state index in [0.29, 0.717) is 22.9 Å². The molecule has 0 saturated heterocycles. The Hall–Kier alpha value is -2.40. The van der Waals surface area contributed by atoms with E-state index in [2.05, 4.69) is 19.2 Å². The van der Waals surface area contributed by atoms with Gasteiger partial charge in [-0.2, -0.15) is 0 Å². The standard InChI is InChI=1S/C18H18FNO3/c1-11(2)12-3-5-15(6-4-12)20-18(21)16-8-14(19)7-13-9-22-10-23-17(13)16/h3-8,11H,9-10H2,1-2H3,(H,20,21). The van der Waals surface area contributed by atoms with Crippen molar-refractivity contribution in [3.8, 4) is 5.75 Å². The fourth-order valence-corrected chi connectivity index (χ4v) is 2.50. The van der Waals surface area contributed by atoms with Crippen LogP contribution in [0.15, 0.2) is 36.4 Å². The molecule has 1 N–H and O–H groups in total. The summed E-state index contributed by atoms with van der Waals surface area (Å²) in [6, 6.07) is 10.1. The first-order chi connectivity index (χ1) is 11.0. The number of benzene rings is 2. The highest BCUT2D eigenvalue weighted by atomic mass is 19.1. The Kier molecular flexibility index (Phi) is 4.30. The zero-order valence-electron chi connectivity index (χ0n) is 13.1. The molecule has 1 aliphatic heterocycles. The van der Waals surface area contributed by atoms with Gasteiger partial charge in [0.15, 0.2) is 6.79 Å². The molecule has 0 aromatic heterocycles. The van der Waals surface area contributed by atoms with Crippen LogP contribution >= 0.6 is 0 Å². The van der Waals surface area contributed by atoms with Gasteiger partial charge in [-0.05, 0) is 35.7 Å². The second kappa shape index (κ2) is 6.38. The van der Waals surface area contributed by atoms with Gasteiger partial charge >= 0.3 is 0 Å². The molecule has 0 unspecified atom stereocenters. The molecule has 0 radical (unpaired) electrons. The van der Waals surface area contributed by atoms with Crippen molar-refractivity contribution in [1.29, 1.82) is 0 Å². The molecule has 0 atom stereocenters. The van der Waals surface area contributed by atoms with Crippen molar-refractivity contribution in [2.45, 2.75) is 26.4 Å². The first-order valence-electron chi connectivity index (χ1n) is 7.49. The molecule has 0 spiro atoms. The van der Waals surface area contributed by atoms with Gasteiger partial charge < -0.3 is 14.8 Å². The third-order valence-electron chi connectivity index (χ3n) is 3.75. The molecule has 1 aliphatic rings. The van der Waals surface area contributed by atoms with E-state index in [1.54, 1.807) is 0 Å². The summed E-state index contributed by atoms with van der Waals surface area (Å²) in [7, 11) is 0. The minimum Gasteiger partial charge on any atom is -0.466 e. The predicted molar refractivity (Wildman–Crippen MR) is 85.2 cm³/mol. The first kappa shape index (κ1) is 15.5. The highest BCUT2D eigenvalue weighted by Crippen LogP contribution is 2.30. The molecule has 0 bridgehead atoms. The third kappa shape index (κ3) is 3.35. The molecule has 120 valence electrons. The molecule has 1 heterocycles. The van der Waals surface area contributed by atoms with Crippen molar-refractivity contribution < 1.29 is 18.7 Å². The van der Waals surface area contributed by atoms with Gasteiger partial charge in [-0.1, -0.05) is 26.0 Å². The number of carbonyl (C=O) groups is 1. The molecule has 0 aliphatic carbocycles. The third-order valence-corrected chi connectivity index (χ3v) is 3.75. The quantitative estimate of drug-likeness (QED) is 0.929. The second-order valence-corrected chi connectivity index (χ2v) is 5.78. The van der Waals surface area contributed by atoms with E-state index >= 15 is 0 Å². The fourth-order valence-electron chi connectivity index (χ4n) is 2.50. The van der Waals surface area contributed by atoms with Crippen molar-refractivity contribution in [2.24, 2.45) is 0 Å². The van der Waals surface area contributed by atoms with E-state index < -0.39 is 11.7 Å². The van der Waals surface area contributed by atoms with Gasteiger partial charge in [-0.15, -0.1) is 0 Å². The van der Waals surface area contributed by atoms with E-state index in [0.717, 1.165) is 0 Å². The molecule has 4 nitrogen and oxygen atoms in total. The van der Waals surface area contributed by atoms with Crippen molar-refractivity contribution in [1.82, 2.24) is 0 Å². The molecule has 0 saturated carbocycles. The van der Waals surface area contributed by atoms with Crippen molar-refractivity contribution in [3.05, 3.63) is 58.9 Å². The van der Waals surface area contributed by atoms with Crippen molar-refractivity contribution in [3.63, 3.8) is 0 Å². The fraction of sp³-hybridized carbons (Fsp3) is 0.278. The van der Waals surface area contributed by atoms with Crippen LogP contribution in [0.4, 0.5) is 10.1 Å². The maximum absolute atomic E-state index is 13.7. The number of ether oxygens (including phenoxy) is 2. The number of rotatable bonds is 3. The van der Waals surface area contributed by atoms with Gasteiger partial charge in [0.25, 0.3) is 5.91 Å². The minimum absolute atomic E-state index is 0.0575. The summed E-state index contributed by atoms with van der Waals surface area (Å²) in [4.78, 5) is 12.5. The average Bonchev–Trinajstić information content (AvgIpc) is 2.54. The van der Waals surface area contributed by atoms with Gasteiger partial charge in [-0.25, -0.2) is 4.39 Å². The van der Waals surface area contributed by atoms with E-state index in [4.69, 9.17) is 9.47 Å². The SMILES string of the molecule is CC(C)c1ccc(NC(=O)c2cc(F)cc3c2OCOC3)cc1. The Bertz CT molecular complexity index is 726. The normalized spacial score (nSPS) is 13.4. The summed E-state index contributed by atoms with van der Waals surface area (Å²) in [6.45, 7) is 4.50. The van der Waals surface area contributed by atoms with Gasteiger partial charge in [-0.3, -0.25) is 4.79 Å². The molecular weight excluding hydrogens is 297 g/mol. The summed E-state index contributed by atoms with van der Waals surface area (Å²) >= 11 is 0. The molecule has 1 amide bonds. The lowest BCUT2D eigenvalue weighted by atomic mass is 10.0. The molecule has 2 aromatic rings.